The fourth-order valence-electron chi connectivity index (χ4n) is 5.02. The van der Waals surface area contributed by atoms with E-state index >= 15 is 0 Å². The number of carbonyl (C=O) groups excluding carboxylic acids is 1. The third-order valence-electron chi connectivity index (χ3n) is 6.28. The molecular formula is C22H31F2N3O3. The van der Waals surface area contributed by atoms with Gasteiger partial charge in [-0.05, 0) is 70.8 Å². The fraction of sp³-hybridized carbons (Fsp3) is 0.682. The van der Waals surface area contributed by atoms with Gasteiger partial charge in [-0.1, -0.05) is 0 Å². The van der Waals surface area contributed by atoms with Crippen molar-refractivity contribution in [2.45, 2.75) is 63.4 Å². The largest absolute Gasteiger partial charge is 0.444 e. The van der Waals surface area contributed by atoms with Gasteiger partial charge in [-0.25, -0.2) is 13.6 Å². The van der Waals surface area contributed by atoms with E-state index in [1.54, 1.807) is 20.8 Å². The highest BCUT2D eigenvalue weighted by Gasteiger charge is 2.44. The van der Waals surface area contributed by atoms with Crippen molar-refractivity contribution in [1.29, 1.82) is 0 Å². The van der Waals surface area contributed by atoms with Gasteiger partial charge in [0.05, 0.1) is 12.6 Å². The summed E-state index contributed by atoms with van der Waals surface area (Å²) in [6, 6.07) is 3.37. The molecular weight excluding hydrogens is 392 g/mol. The van der Waals surface area contributed by atoms with Gasteiger partial charge in [-0.15, -0.1) is 0 Å². The second-order valence-electron chi connectivity index (χ2n) is 9.57. The zero-order chi connectivity index (χ0) is 21.5. The molecule has 2 N–H and O–H groups in total. The summed E-state index contributed by atoms with van der Waals surface area (Å²) >= 11 is 0. The molecule has 3 fully saturated rings. The fourth-order valence-corrected chi connectivity index (χ4v) is 5.02. The zero-order valence-corrected chi connectivity index (χ0v) is 17.8. The number of amides is 1. The average Bonchev–Trinajstić information content (AvgIpc) is 3.26. The Kier molecular flexibility index (Phi) is 6.01. The molecule has 1 amide bonds. The van der Waals surface area contributed by atoms with Crippen LogP contribution in [0.2, 0.25) is 0 Å². The number of likely N-dealkylation sites (tertiary alicyclic amines) is 1. The van der Waals surface area contributed by atoms with Gasteiger partial charge in [0.25, 0.3) is 0 Å². The van der Waals surface area contributed by atoms with E-state index in [1.807, 2.05) is 0 Å². The molecule has 0 radical (unpaired) electrons. The van der Waals surface area contributed by atoms with Gasteiger partial charge in [0.2, 0.25) is 0 Å². The number of nitrogens with one attached hydrogen (secondary N) is 2. The molecule has 0 aliphatic carbocycles. The number of carbonyl (C=O) groups is 1. The molecule has 0 bridgehead atoms. The lowest BCUT2D eigenvalue weighted by Crippen LogP contribution is -2.54. The van der Waals surface area contributed by atoms with Crippen LogP contribution in [-0.2, 0) is 9.47 Å². The number of fused-ring (bicyclic) bond motifs is 1. The lowest BCUT2D eigenvalue weighted by Gasteiger charge is -2.42. The van der Waals surface area contributed by atoms with Crippen molar-refractivity contribution in [1.82, 2.24) is 15.5 Å². The van der Waals surface area contributed by atoms with Crippen molar-refractivity contribution in [2.75, 3.05) is 26.2 Å². The van der Waals surface area contributed by atoms with Crippen LogP contribution in [0.15, 0.2) is 18.2 Å². The predicted molar refractivity (Wildman–Crippen MR) is 108 cm³/mol. The number of nitrogens with zero attached hydrogens (tertiary/aromatic N) is 1. The van der Waals surface area contributed by atoms with E-state index in [2.05, 4.69) is 15.5 Å². The van der Waals surface area contributed by atoms with E-state index in [1.165, 1.54) is 0 Å². The Bertz CT molecular complexity index is 785. The van der Waals surface area contributed by atoms with E-state index in [4.69, 9.17) is 9.47 Å². The smallest absolute Gasteiger partial charge is 0.407 e. The van der Waals surface area contributed by atoms with Crippen LogP contribution in [-0.4, -0.2) is 61.0 Å². The summed E-state index contributed by atoms with van der Waals surface area (Å²) in [6.07, 6.45) is 0.369. The maximum absolute atomic E-state index is 14.5. The summed E-state index contributed by atoms with van der Waals surface area (Å²) in [5, 5.41) is 6.31. The number of rotatable bonds is 3. The Hall–Kier alpha value is -1.77. The Labute approximate surface area is 176 Å². The molecule has 166 valence electrons. The molecule has 30 heavy (non-hydrogen) atoms. The Balaban J connectivity index is 1.54. The summed E-state index contributed by atoms with van der Waals surface area (Å²) in [7, 11) is 0. The van der Waals surface area contributed by atoms with Crippen molar-refractivity contribution in [3.05, 3.63) is 35.4 Å². The predicted octanol–water partition coefficient (Wildman–Crippen LogP) is 2.98. The van der Waals surface area contributed by atoms with Crippen LogP contribution in [0.5, 0.6) is 0 Å². The minimum atomic E-state index is -0.774. The summed E-state index contributed by atoms with van der Waals surface area (Å²) in [6.45, 7) is 8.74. The summed E-state index contributed by atoms with van der Waals surface area (Å²) in [4.78, 5) is 14.9. The third kappa shape index (κ3) is 4.60. The minimum absolute atomic E-state index is 0.104. The van der Waals surface area contributed by atoms with Crippen molar-refractivity contribution >= 4 is 6.09 Å². The topological polar surface area (TPSA) is 62.8 Å². The molecule has 1 aromatic rings. The number of ether oxygens (including phenoxy) is 2. The van der Waals surface area contributed by atoms with Crippen LogP contribution in [0.3, 0.4) is 0 Å². The Morgan fingerprint density at radius 2 is 2.10 bits per heavy atom. The summed E-state index contributed by atoms with van der Waals surface area (Å²) < 4.78 is 39.8. The quantitative estimate of drug-likeness (QED) is 0.783. The number of hydrogen-bond donors (Lipinski definition) is 2. The van der Waals surface area contributed by atoms with Crippen LogP contribution in [0.25, 0.3) is 0 Å². The van der Waals surface area contributed by atoms with Gasteiger partial charge in [0.15, 0.2) is 0 Å². The molecule has 5 atom stereocenters. The Morgan fingerprint density at radius 1 is 1.30 bits per heavy atom. The van der Waals surface area contributed by atoms with Gasteiger partial charge in [-0.3, -0.25) is 4.90 Å². The average molecular weight is 424 g/mol. The van der Waals surface area contributed by atoms with E-state index < -0.39 is 35.5 Å². The first-order chi connectivity index (χ1) is 14.2. The van der Waals surface area contributed by atoms with Crippen LogP contribution < -0.4 is 10.6 Å². The standard InChI is InChI=1S/C22H31F2N3O3/c1-22(2,3)30-21(28)26-18-9-15(27-7-6-13-10-25-11-19(13)27)12-29-20(18)16-8-14(23)4-5-17(16)24/h4-5,8,13,15,18-20,25H,6-7,9-12H2,1-3H3,(H,26,28)/t13-,15+,18-,19+,20+/m0/s1. The molecule has 4 rings (SSSR count). The highest BCUT2D eigenvalue weighted by atomic mass is 19.1. The summed E-state index contributed by atoms with van der Waals surface area (Å²) in [5.74, 6) is -0.440. The third-order valence-corrected chi connectivity index (χ3v) is 6.28. The van der Waals surface area contributed by atoms with Crippen molar-refractivity contribution in [2.24, 2.45) is 5.92 Å². The molecule has 0 saturated carbocycles. The SMILES string of the molecule is CC(C)(C)OC(=O)N[C@H]1C[C@@H](N2CC[C@H]3CNC[C@H]32)CO[C@@H]1c1cc(F)ccc1F. The van der Waals surface area contributed by atoms with E-state index in [9.17, 15) is 13.6 Å². The molecule has 0 aromatic heterocycles. The maximum Gasteiger partial charge on any atom is 0.407 e. The molecule has 8 heteroatoms. The zero-order valence-electron chi connectivity index (χ0n) is 17.8. The molecule has 3 aliphatic rings. The molecule has 6 nitrogen and oxygen atoms in total. The second kappa shape index (κ2) is 8.40. The Morgan fingerprint density at radius 3 is 2.87 bits per heavy atom. The monoisotopic (exact) mass is 423 g/mol. The first kappa shape index (κ1) is 21.5. The number of halogens is 2. The summed E-state index contributed by atoms with van der Waals surface area (Å²) in [5.41, 5.74) is -0.535. The van der Waals surface area contributed by atoms with Gasteiger partial charge in [0.1, 0.15) is 23.3 Å². The molecule has 0 unspecified atom stereocenters. The molecule has 0 spiro atoms. The van der Waals surface area contributed by atoms with Gasteiger partial charge in [0, 0.05) is 24.2 Å². The molecule has 3 heterocycles. The van der Waals surface area contributed by atoms with Crippen molar-refractivity contribution < 1.29 is 23.0 Å². The van der Waals surface area contributed by atoms with Crippen LogP contribution in [0, 0.1) is 17.6 Å². The lowest BCUT2D eigenvalue weighted by atomic mass is 9.92. The second-order valence-corrected chi connectivity index (χ2v) is 9.57. The van der Waals surface area contributed by atoms with Crippen molar-refractivity contribution in [3.8, 4) is 0 Å². The van der Waals surface area contributed by atoms with E-state index in [-0.39, 0.29) is 11.6 Å². The number of alkyl carbamates (subject to hydrolysis) is 1. The molecule has 3 aliphatic heterocycles. The van der Waals surface area contributed by atoms with Crippen LogP contribution in [0.4, 0.5) is 13.6 Å². The molecule has 1 aromatic carbocycles. The van der Waals surface area contributed by atoms with Gasteiger partial charge in [-0.2, -0.15) is 0 Å². The number of benzene rings is 1. The van der Waals surface area contributed by atoms with Crippen LogP contribution >= 0.6 is 0 Å². The van der Waals surface area contributed by atoms with E-state index in [0.29, 0.717) is 25.0 Å². The molecule has 3 saturated heterocycles. The van der Waals surface area contributed by atoms with Gasteiger partial charge >= 0.3 is 6.09 Å². The first-order valence-corrected chi connectivity index (χ1v) is 10.7. The highest BCUT2D eigenvalue weighted by molar-refractivity contribution is 5.68. The number of hydrogen-bond acceptors (Lipinski definition) is 5. The minimum Gasteiger partial charge on any atom is -0.444 e. The maximum atomic E-state index is 14.5. The van der Waals surface area contributed by atoms with E-state index in [0.717, 1.165) is 44.3 Å². The highest BCUT2D eigenvalue weighted by Crippen LogP contribution is 2.36. The van der Waals surface area contributed by atoms with Crippen molar-refractivity contribution in [3.63, 3.8) is 0 Å². The first-order valence-electron chi connectivity index (χ1n) is 10.7. The normalized spacial score (nSPS) is 32.1. The van der Waals surface area contributed by atoms with Crippen LogP contribution in [0.1, 0.15) is 45.3 Å². The lowest BCUT2D eigenvalue weighted by molar-refractivity contribution is -0.0637. The van der Waals surface area contributed by atoms with Gasteiger partial charge < -0.3 is 20.1 Å².